The second kappa shape index (κ2) is 6.05. The number of phenols is 1. The summed E-state index contributed by atoms with van der Waals surface area (Å²) >= 11 is 0. The standard InChI is InChI=1S/C17H14O4/c1-11-2-4-12(5-3-11)6-8-15(18)13-7-9-16(19)14(10-13)17(20)21/h2-10,19H,1H3,(H,20,21)/b8-6+. The number of hydrogen-bond acceptors (Lipinski definition) is 3. The molecule has 0 amide bonds. The molecule has 106 valence electrons. The number of carbonyl (C=O) groups is 2. The average Bonchev–Trinajstić information content (AvgIpc) is 2.46. The number of carboxylic acid groups (broad SMARTS) is 1. The molecule has 2 aromatic rings. The molecule has 0 radical (unpaired) electrons. The number of aryl methyl sites for hydroxylation is 1. The van der Waals surface area contributed by atoms with Gasteiger partial charge in [0.1, 0.15) is 11.3 Å². The summed E-state index contributed by atoms with van der Waals surface area (Å²) < 4.78 is 0. The van der Waals surface area contributed by atoms with Gasteiger partial charge in [-0.25, -0.2) is 4.79 Å². The second-order valence-electron chi connectivity index (χ2n) is 4.65. The Kier molecular flexibility index (Phi) is 4.18. The van der Waals surface area contributed by atoms with Crippen LogP contribution in [0.3, 0.4) is 0 Å². The number of carboxylic acids is 1. The van der Waals surface area contributed by atoms with Crippen LogP contribution >= 0.6 is 0 Å². The third kappa shape index (κ3) is 3.57. The molecule has 2 aromatic carbocycles. The van der Waals surface area contributed by atoms with Crippen molar-refractivity contribution in [3.8, 4) is 5.75 Å². The molecule has 0 saturated heterocycles. The molecule has 0 unspecified atom stereocenters. The second-order valence-corrected chi connectivity index (χ2v) is 4.65. The molecule has 0 aliphatic heterocycles. The van der Waals surface area contributed by atoms with Crippen molar-refractivity contribution in [1.82, 2.24) is 0 Å². The molecule has 21 heavy (non-hydrogen) atoms. The van der Waals surface area contributed by atoms with E-state index >= 15 is 0 Å². The van der Waals surface area contributed by atoms with Crippen LogP contribution in [0, 0.1) is 6.92 Å². The van der Waals surface area contributed by atoms with Gasteiger partial charge in [-0.05, 0) is 36.8 Å². The normalized spacial score (nSPS) is 10.7. The number of rotatable bonds is 4. The molecule has 0 bridgehead atoms. The minimum absolute atomic E-state index is 0.216. The zero-order valence-corrected chi connectivity index (χ0v) is 11.4. The quantitative estimate of drug-likeness (QED) is 0.666. The lowest BCUT2D eigenvalue weighted by Crippen LogP contribution is -2.01. The molecule has 0 spiro atoms. The molecule has 0 saturated carbocycles. The van der Waals surface area contributed by atoms with Crippen molar-refractivity contribution in [3.63, 3.8) is 0 Å². The Hall–Kier alpha value is -2.88. The van der Waals surface area contributed by atoms with Gasteiger partial charge in [-0.1, -0.05) is 35.9 Å². The van der Waals surface area contributed by atoms with E-state index in [0.717, 1.165) is 11.1 Å². The summed E-state index contributed by atoms with van der Waals surface area (Å²) in [4.78, 5) is 22.9. The molecule has 0 heterocycles. The van der Waals surface area contributed by atoms with Crippen LogP contribution in [-0.2, 0) is 0 Å². The van der Waals surface area contributed by atoms with Crippen molar-refractivity contribution in [3.05, 3.63) is 70.8 Å². The first kappa shape index (κ1) is 14.5. The van der Waals surface area contributed by atoms with Crippen molar-refractivity contribution in [2.45, 2.75) is 6.92 Å². The highest BCUT2D eigenvalue weighted by molar-refractivity contribution is 6.08. The van der Waals surface area contributed by atoms with Gasteiger partial charge >= 0.3 is 5.97 Å². The van der Waals surface area contributed by atoms with E-state index in [1.54, 1.807) is 6.08 Å². The summed E-state index contributed by atoms with van der Waals surface area (Å²) in [5, 5.41) is 18.3. The lowest BCUT2D eigenvalue weighted by molar-refractivity contribution is 0.0693. The van der Waals surface area contributed by atoms with Crippen LogP contribution in [0.1, 0.15) is 31.8 Å². The van der Waals surface area contributed by atoms with Crippen molar-refractivity contribution < 1.29 is 19.8 Å². The molecule has 0 aliphatic carbocycles. The van der Waals surface area contributed by atoms with E-state index < -0.39 is 5.97 Å². The maximum atomic E-state index is 12.0. The van der Waals surface area contributed by atoms with Crippen molar-refractivity contribution >= 4 is 17.8 Å². The number of ketones is 1. The van der Waals surface area contributed by atoms with Gasteiger partial charge < -0.3 is 10.2 Å². The van der Waals surface area contributed by atoms with E-state index in [9.17, 15) is 14.7 Å². The van der Waals surface area contributed by atoms with Gasteiger partial charge in [0.25, 0.3) is 0 Å². The molecule has 2 N–H and O–H groups in total. The Morgan fingerprint density at radius 1 is 1.05 bits per heavy atom. The Balaban J connectivity index is 2.22. The van der Waals surface area contributed by atoms with E-state index in [-0.39, 0.29) is 22.7 Å². The van der Waals surface area contributed by atoms with Crippen LogP contribution in [-0.4, -0.2) is 22.0 Å². The van der Waals surface area contributed by atoms with Crippen LogP contribution < -0.4 is 0 Å². The smallest absolute Gasteiger partial charge is 0.339 e. The fraction of sp³-hybridized carbons (Fsp3) is 0.0588. The number of benzene rings is 2. The highest BCUT2D eigenvalue weighted by atomic mass is 16.4. The average molecular weight is 282 g/mol. The summed E-state index contributed by atoms with van der Waals surface area (Å²) in [5.74, 6) is -1.95. The predicted octanol–water partition coefficient (Wildman–Crippen LogP) is 3.29. The maximum Gasteiger partial charge on any atom is 0.339 e. The lowest BCUT2D eigenvalue weighted by Gasteiger charge is -2.02. The van der Waals surface area contributed by atoms with E-state index in [1.165, 1.54) is 24.3 Å². The molecule has 2 rings (SSSR count). The van der Waals surface area contributed by atoms with Crippen LogP contribution in [0.2, 0.25) is 0 Å². The largest absolute Gasteiger partial charge is 0.507 e. The van der Waals surface area contributed by atoms with Crippen LogP contribution in [0.15, 0.2) is 48.5 Å². The van der Waals surface area contributed by atoms with Gasteiger partial charge in [-0.2, -0.15) is 0 Å². The van der Waals surface area contributed by atoms with Crippen molar-refractivity contribution in [2.75, 3.05) is 0 Å². The number of aromatic carboxylic acids is 1. The highest BCUT2D eigenvalue weighted by Gasteiger charge is 2.12. The zero-order chi connectivity index (χ0) is 15.4. The summed E-state index contributed by atoms with van der Waals surface area (Å²) in [5.41, 5.74) is 1.94. The minimum Gasteiger partial charge on any atom is -0.507 e. The Morgan fingerprint density at radius 2 is 1.71 bits per heavy atom. The molecule has 0 atom stereocenters. The van der Waals surface area contributed by atoms with Crippen molar-refractivity contribution in [2.24, 2.45) is 0 Å². The van der Waals surface area contributed by atoms with Gasteiger partial charge in [0.2, 0.25) is 0 Å². The SMILES string of the molecule is Cc1ccc(/C=C/C(=O)c2ccc(O)c(C(=O)O)c2)cc1. The van der Waals surface area contributed by atoms with Crippen LogP contribution in [0.5, 0.6) is 5.75 Å². The third-order valence-electron chi connectivity index (χ3n) is 3.02. The topological polar surface area (TPSA) is 74.6 Å². The molecule has 0 aromatic heterocycles. The van der Waals surface area contributed by atoms with Gasteiger partial charge in [0, 0.05) is 5.56 Å². The Bertz CT molecular complexity index is 712. The van der Waals surface area contributed by atoms with Crippen LogP contribution in [0.4, 0.5) is 0 Å². The number of hydrogen-bond donors (Lipinski definition) is 2. The zero-order valence-electron chi connectivity index (χ0n) is 11.4. The fourth-order valence-corrected chi connectivity index (χ4v) is 1.81. The number of aromatic hydroxyl groups is 1. The predicted molar refractivity (Wildman–Crippen MR) is 79.6 cm³/mol. The first-order valence-electron chi connectivity index (χ1n) is 6.33. The van der Waals surface area contributed by atoms with Gasteiger partial charge in [-0.3, -0.25) is 4.79 Å². The summed E-state index contributed by atoms with van der Waals surface area (Å²) in [7, 11) is 0. The number of allylic oxidation sites excluding steroid dienone is 1. The maximum absolute atomic E-state index is 12.0. The Morgan fingerprint density at radius 3 is 2.33 bits per heavy atom. The van der Waals surface area contributed by atoms with E-state index in [0.29, 0.717) is 0 Å². The molecular weight excluding hydrogens is 268 g/mol. The first-order chi connectivity index (χ1) is 9.97. The molecule has 4 nitrogen and oxygen atoms in total. The lowest BCUT2D eigenvalue weighted by atomic mass is 10.0. The van der Waals surface area contributed by atoms with Crippen LogP contribution in [0.25, 0.3) is 6.08 Å². The van der Waals surface area contributed by atoms with E-state index in [4.69, 9.17) is 5.11 Å². The summed E-state index contributed by atoms with van der Waals surface area (Å²) in [6, 6.07) is 11.4. The van der Waals surface area contributed by atoms with Gasteiger partial charge in [-0.15, -0.1) is 0 Å². The number of carbonyl (C=O) groups excluding carboxylic acids is 1. The molecular formula is C17H14O4. The highest BCUT2D eigenvalue weighted by Crippen LogP contribution is 2.19. The van der Waals surface area contributed by atoms with Gasteiger partial charge in [0.05, 0.1) is 0 Å². The minimum atomic E-state index is -1.27. The van der Waals surface area contributed by atoms with Gasteiger partial charge in [0.15, 0.2) is 5.78 Å². The van der Waals surface area contributed by atoms with E-state index in [1.807, 2.05) is 31.2 Å². The summed E-state index contributed by atoms with van der Waals surface area (Å²) in [6.07, 6.45) is 3.04. The molecule has 4 heteroatoms. The fourth-order valence-electron chi connectivity index (χ4n) is 1.81. The summed E-state index contributed by atoms with van der Waals surface area (Å²) in [6.45, 7) is 1.97. The third-order valence-corrected chi connectivity index (χ3v) is 3.02. The van der Waals surface area contributed by atoms with E-state index in [2.05, 4.69) is 0 Å². The first-order valence-corrected chi connectivity index (χ1v) is 6.33. The molecule has 0 aliphatic rings. The monoisotopic (exact) mass is 282 g/mol. The van der Waals surface area contributed by atoms with Crippen molar-refractivity contribution in [1.29, 1.82) is 0 Å². The molecule has 0 fully saturated rings. The Labute approximate surface area is 122 Å².